The molecule has 106 valence electrons. The molecule has 5 heteroatoms. The van der Waals surface area contributed by atoms with Gasteiger partial charge in [-0.1, -0.05) is 13.8 Å². The largest absolute Gasteiger partial charge is 0.369 e. The van der Waals surface area contributed by atoms with E-state index < -0.39 is 0 Å². The molecule has 0 radical (unpaired) electrons. The van der Waals surface area contributed by atoms with Crippen LogP contribution in [0.3, 0.4) is 0 Å². The second-order valence-electron chi connectivity index (χ2n) is 6.28. The van der Waals surface area contributed by atoms with Crippen molar-refractivity contribution in [2.75, 3.05) is 11.9 Å². The summed E-state index contributed by atoms with van der Waals surface area (Å²) in [4.78, 5) is 14.1. The summed E-state index contributed by atoms with van der Waals surface area (Å²) in [5, 5.41) is 4.12. The summed E-state index contributed by atoms with van der Waals surface area (Å²) >= 11 is 3.41. The predicted octanol–water partition coefficient (Wildman–Crippen LogP) is 2.95. The van der Waals surface area contributed by atoms with Gasteiger partial charge in [-0.05, 0) is 47.0 Å². The molecule has 1 aromatic rings. The van der Waals surface area contributed by atoms with Crippen LogP contribution in [0.1, 0.15) is 39.5 Å². The number of hydrogen-bond acceptors (Lipinski definition) is 3. The maximum atomic E-state index is 11.9. The number of aromatic nitrogens is 2. The summed E-state index contributed by atoms with van der Waals surface area (Å²) < 4.78 is 1.96. The maximum absolute atomic E-state index is 11.9. The Bertz CT molecular complexity index is 514. The third-order valence-electron chi connectivity index (χ3n) is 4.30. The number of halogens is 1. The highest BCUT2D eigenvalue weighted by Gasteiger charge is 2.29. The number of nitrogens with zero attached hydrogens (tertiary/aromatic N) is 3. The van der Waals surface area contributed by atoms with Gasteiger partial charge in [0.1, 0.15) is 4.47 Å². The van der Waals surface area contributed by atoms with E-state index in [0.29, 0.717) is 15.9 Å². The predicted molar refractivity (Wildman–Crippen MR) is 81.6 cm³/mol. The van der Waals surface area contributed by atoms with Gasteiger partial charge in [0.25, 0.3) is 5.56 Å². The Morgan fingerprint density at radius 2 is 2.00 bits per heavy atom. The molecule has 1 heterocycles. The van der Waals surface area contributed by atoms with Gasteiger partial charge in [0.2, 0.25) is 0 Å². The average Bonchev–Trinajstić information content (AvgIpc) is 2.35. The van der Waals surface area contributed by atoms with Crippen LogP contribution in [0.25, 0.3) is 0 Å². The molecule has 1 fully saturated rings. The van der Waals surface area contributed by atoms with Crippen LogP contribution in [0.15, 0.2) is 15.5 Å². The average molecular weight is 328 g/mol. The zero-order chi connectivity index (χ0) is 14.2. The standard InChI is InChI=1S/C14H22BrN3O/c1-14(2)7-5-10(6-8-14)17(3)11-9-16-18(4)13(19)12(11)15/h9-10H,5-8H2,1-4H3. The normalized spacial score (nSPS) is 19.4. The summed E-state index contributed by atoms with van der Waals surface area (Å²) in [6.07, 6.45) is 6.58. The zero-order valence-electron chi connectivity index (χ0n) is 12.1. The van der Waals surface area contributed by atoms with Gasteiger partial charge >= 0.3 is 0 Å². The van der Waals surface area contributed by atoms with Crippen LogP contribution in [0.4, 0.5) is 5.69 Å². The van der Waals surface area contributed by atoms with E-state index in [9.17, 15) is 4.79 Å². The monoisotopic (exact) mass is 327 g/mol. The van der Waals surface area contributed by atoms with Gasteiger partial charge in [-0.2, -0.15) is 5.10 Å². The molecule has 4 nitrogen and oxygen atoms in total. The lowest BCUT2D eigenvalue weighted by Crippen LogP contribution is -2.38. The van der Waals surface area contributed by atoms with E-state index in [-0.39, 0.29) is 5.56 Å². The summed E-state index contributed by atoms with van der Waals surface area (Å²) in [6.45, 7) is 4.66. The molecular weight excluding hydrogens is 306 g/mol. The fourth-order valence-corrected chi connectivity index (χ4v) is 3.35. The second kappa shape index (κ2) is 5.27. The first-order chi connectivity index (χ1) is 8.82. The van der Waals surface area contributed by atoms with Gasteiger partial charge < -0.3 is 4.90 Å². The molecule has 0 unspecified atom stereocenters. The molecule has 19 heavy (non-hydrogen) atoms. The number of aryl methyl sites for hydroxylation is 1. The van der Waals surface area contributed by atoms with Crippen LogP contribution in [-0.2, 0) is 7.05 Å². The van der Waals surface area contributed by atoms with Gasteiger partial charge in [-0.15, -0.1) is 0 Å². The molecule has 1 aromatic heterocycles. The Hall–Kier alpha value is -0.840. The van der Waals surface area contributed by atoms with Crippen LogP contribution in [0.2, 0.25) is 0 Å². The van der Waals surface area contributed by atoms with Gasteiger partial charge in [-0.25, -0.2) is 4.68 Å². The molecule has 0 bridgehead atoms. The third kappa shape index (κ3) is 3.02. The fraction of sp³-hybridized carbons (Fsp3) is 0.714. The van der Waals surface area contributed by atoms with Crippen molar-refractivity contribution >= 4 is 21.6 Å². The quantitative estimate of drug-likeness (QED) is 0.838. The van der Waals surface area contributed by atoms with Gasteiger partial charge in [0.15, 0.2) is 0 Å². The second-order valence-corrected chi connectivity index (χ2v) is 7.07. The van der Waals surface area contributed by atoms with E-state index in [2.05, 4.69) is 46.8 Å². The van der Waals surface area contributed by atoms with Crippen molar-refractivity contribution in [3.05, 3.63) is 21.0 Å². The zero-order valence-corrected chi connectivity index (χ0v) is 13.7. The minimum absolute atomic E-state index is 0.0829. The van der Waals surface area contributed by atoms with Crippen molar-refractivity contribution in [2.45, 2.75) is 45.6 Å². The van der Waals surface area contributed by atoms with Gasteiger partial charge in [0.05, 0.1) is 11.9 Å². The molecule has 1 aliphatic carbocycles. The van der Waals surface area contributed by atoms with Crippen molar-refractivity contribution in [2.24, 2.45) is 12.5 Å². The SMILES string of the molecule is CN(c1cnn(C)c(=O)c1Br)C1CCC(C)(C)CC1. The smallest absolute Gasteiger partial charge is 0.282 e. The highest BCUT2D eigenvalue weighted by Crippen LogP contribution is 2.38. The Morgan fingerprint density at radius 3 is 2.58 bits per heavy atom. The summed E-state index contributed by atoms with van der Waals surface area (Å²) in [6, 6.07) is 0.498. The van der Waals surface area contributed by atoms with Crippen LogP contribution in [0.5, 0.6) is 0 Å². The van der Waals surface area contributed by atoms with Crippen molar-refractivity contribution < 1.29 is 0 Å². The molecular formula is C14H22BrN3O. The van der Waals surface area contributed by atoms with Crippen molar-refractivity contribution in [1.29, 1.82) is 0 Å². The van der Waals surface area contributed by atoms with E-state index in [1.165, 1.54) is 30.4 Å². The van der Waals surface area contributed by atoms with Crippen molar-refractivity contribution in [1.82, 2.24) is 9.78 Å². The first-order valence-electron chi connectivity index (χ1n) is 6.76. The van der Waals surface area contributed by atoms with Crippen LogP contribution < -0.4 is 10.5 Å². The first kappa shape index (κ1) is 14.6. The molecule has 0 atom stereocenters. The molecule has 0 aliphatic heterocycles. The summed E-state index contributed by atoms with van der Waals surface area (Å²) in [5.74, 6) is 0. The highest BCUT2D eigenvalue weighted by atomic mass is 79.9. The van der Waals surface area contributed by atoms with Crippen LogP contribution in [0, 0.1) is 5.41 Å². The minimum Gasteiger partial charge on any atom is -0.369 e. The lowest BCUT2D eigenvalue weighted by molar-refractivity contribution is 0.222. The van der Waals surface area contributed by atoms with E-state index in [1.54, 1.807) is 13.2 Å². The number of hydrogen-bond donors (Lipinski definition) is 0. The molecule has 0 saturated heterocycles. The molecule has 0 spiro atoms. The number of rotatable bonds is 2. The Kier molecular flexibility index (Phi) is 4.04. The van der Waals surface area contributed by atoms with E-state index in [0.717, 1.165) is 5.69 Å². The lowest BCUT2D eigenvalue weighted by atomic mass is 9.75. The summed E-state index contributed by atoms with van der Waals surface area (Å²) in [5.41, 5.74) is 1.27. The van der Waals surface area contributed by atoms with E-state index >= 15 is 0 Å². The molecule has 0 aromatic carbocycles. The fourth-order valence-electron chi connectivity index (χ4n) is 2.72. The van der Waals surface area contributed by atoms with Gasteiger partial charge in [-0.3, -0.25) is 4.79 Å². The van der Waals surface area contributed by atoms with Crippen LogP contribution >= 0.6 is 15.9 Å². The lowest BCUT2D eigenvalue weighted by Gasteiger charge is -2.39. The Labute approximate surface area is 122 Å². The van der Waals surface area contributed by atoms with E-state index in [1.807, 2.05) is 0 Å². The van der Waals surface area contributed by atoms with E-state index in [4.69, 9.17) is 0 Å². The molecule has 1 aliphatic rings. The molecule has 2 rings (SSSR count). The Balaban J connectivity index is 2.19. The number of anilines is 1. The molecule has 0 N–H and O–H groups in total. The van der Waals surface area contributed by atoms with Crippen molar-refractivity contribution in [3.8, 4) is 0 Å². The Morgan fingerprint density at radius 1 is 1.42 bits per heavy atom. The summed E-state index contributed by atoms with van der Waals surface area (Å²) in [7, 11) is 3.73. The van der Waals surface area contributed by atoms with Crippen LogP contribution in [-0.4, -0.2) is 22.9 Å². The molecule has 0 amide bonds. The highest BCUT2D eigenvalue weighted by molar-refractivity contribution is 9.10. The minimum atomic E-state index is -0.0829. The van der Waals surface area contributed by atoms with Crippen molar-refractivity contribution in [3.63, 3.8) is 0 Å². The first-order valence-corrected chi connectivity index (χ1v) is 7.56. The third-order valence-corrected chi connectivity index (χ3v) is 5.04. The molecule has 1 saturated carbocycles. The maximum Gasteiger partial charge on any atom is 0.282 e. The van der Waals surface area contributed by atoms with Gasteiger partial charge in [0, 0.05) is 20.1 Å². The topological polar surface area (TPSA) is 38.1 Å².